The molecule has 0 atom stereocenters. The molecular weight excluding hydrogens is 339 g/mol. The van der Waals surface area contributed by atoms with E-state index in [9.17, 15) is 9.18 Å². The van der Waals surface area contributed by atoms with Crippen molar-refractivity contribution in [3.05, 3.63) is 58.9 Å². The minimum atomic E-state index is -0.808. The summed E-state index contributed by atoms with van der Waals surface area (Å²) in [6.45, 7) is 2.85. The predicted molar refractivity (Wildman–Crippen MR) is 93.4 cm³/mol. The molecule has 6 heteroatoms. The summed E-state index contributed by atoms with van der Waals surface area (Å²) in [4.78, 5) is 13.2. The van der Waals surface area contributed by atoms with Crippen molar-refractivity contribution >= 4 is 5.78 Å². The quantitative estimate of drug-likeness (QED) is 0.739. The number of rotatable bonds is 6. The van der Waals surface area contributed by atoms with Crippen LogP contribution in [0.2, 0.25) is 0 Å². The van der Waals surface area contributed by atoms with Crippen LogP contribution in [-0.4, -0.2) is 39.0 Å². The summed E-state index contributed by atoms with van der Waals surface area (Å²) in [5, 5.41) is 0. The van der Waals surface area contributed by atoms with Crippen LogP contribution in [0.4, 0.5) is 4.39 Å². The number of ketones is 1. The van der Waals surface area contributed by atoms with Crippen LogP contribution in [0.1, 0.15) is 28.4 Å². The molecule has 26 heavy (non-hydrogen) atoms. The highest BCUT2D eigenvalue weighted by molar-refractivity contribution is 6.12. The molecular formula is C20H21FO5. The molecule has 2 aromatic rings. The fourth-order valence-electron chi connectivity index (χ4n) is 3.11. The van der Waals surface area contributed by atoms with E-state index in [0.29, 0.717) is 47.8 Å². The molecule has 3 rings (SSSR count). The van der Waals surface area contributed by atoms with Gasteiger partial charge in [-0.1, -0.05) is 6.07 Å². The molecule has 0 spiro atoms. The SMILES string of the molecule is COc1ccc(CC2(C)OCCO2)c(C(=O)c2ccc(F)cc2)c1OC. The summed E-state index contributed by atoms with van der Waals surface area (Å²) < 4.78 is 35.4. The maximum atomic E-state index is 13.2. The van der Waals surface area contributed by atoms with E-state index in [1.807, 2.05) is 6.92 Å². The van der Waals surface area contributed by atoms with Gasteiger partial charge in [0, 0.05) is 12.0 Å². The van der Waals surface area contributed by atoms with Crippen LogP contribution >= 0.6 is 0 Å². The van der Waals surface area contributed by atoms with Gasteiger partial charge in [-0.15, -0.1) is 0 Å². The first kappa shape index (κ1) is 18.4. The molecule has 0 unspecified atom stereocenters. The molecule has 0 bridgehead atoms. The van der Waals surface area contributed by atoms with E-state index >= 15 is 0 Å². The van der Waals surface area contributed by atoms with Gasteiger partial charge in [0.1, 0.15) is 5.82 Å². The number of methoxy groups -OCH3 is 2. The lowest BCUT2D eigenvalue weighted by atomic mass is 9.93. The van der Waals surface area contributed by atoms with Crippen molar-refractivity contribution < 1.29 is 28.1 Å². The zero-order valence-corrected chi connectivity index (χ0v) is 15.0. The minimum Gasteiger partial charge on any atom is -0.493 e. The lowest BCUT2D eigenvalue weighted by Crippen LogP contribution is -2.29. The van der Waals surface area contributed by atoms with Crippen LogP contribution in [0.15, 0.2) is 36.4 Å². The molecule has 1 fully saturated rings. The first-order valence-electron chi connectivity index (χ1n) is 8.29. The van der Waals surface area contributed by atoms with Crippen molar-refractivity contribution in [2.45, 2.75) is 19.1 Å². The smallest absolute Gasteiger partial charge is 0.197 e. The summed E-state index contributed by atoms with van der Waals surface area (Å²) >= 11 is 0. The van der Waals surface area contributed by atoms with Crippen LogP contribution in [-0.2, 0) is 15.9 Å². The number of halogens is 1. The maximum Gasteiger partial charge on any atom is 0.197 e. The van der Waals surface area contributed by atoms with Crippen molar-refractivity contribution in [2.75, 3.05) is 27.4 Å². The fraction of sp³-hybridized carbons (Fsp3) is 0.350. The van der Waals surface area contributed by atoms with Crippen LogP contribution < -0.4 is 9.47 Å². The average molecular weight is 360 g/mol. The minimum absolute atomic E-state index is 0.280. The van der Waals surface area contributed by atoms with E-state index in [1.54, 1.807) is 12.1 Å². The second kappa shape index (κ2) is 7.43. The summed E-state index contributed by atoms with van der Waals surface area (Å²) in [7, 11) is 2.99. The van der Waals surface area contributed by atoms with Gasteiger partial charge in [-0.05, 0) is 42.8 Å². The van der Waals surface area contributed by atoms with Crippen molar-refractivity contribution in [1.82, 2.24) is 0 Å². The number of hydrogen-bond donors (Lipinski definition) is 0. The van der Waals surface area contributed by atoms with Crippen LogP contribution in [0.3, 0.4) is 0 Å². The third kappa shape index (κ3) is 3.57. The van der Waals surface area contributed by atoms with Crippen molar-refractivity contribution in [3.8, 4) is 11.5 Å². The second-order valence-corrected chi connectivity index (χ2v) is 6.18. The van der Waals surface area contributed by atoms with Gasteiger partial charge in [-0.3, -0.25) is 4.79 Å². The Labute approximate surface area is 151 Å². The highest BCUT2D eigenvalue weighted by Gasteiger charge is 2.34. The van der Waals surface area contributed by atoms with Crippen LogP contribution in [0.5, 0.6) is 11.5 Å². The molecule has 1 saturated heterocycles. The molecule has 1 aliphatic heterocycles. The second-order valence-electron chi connectivity index (χ2n) is 6.18. The molecule has 1 heterocycles. The standard InChI is InChI=1S/C20H21FO5/c1-20(25-10-11-26-20)12-14-6-9-16(23-2)19(24-3)17(14)18(22)13-4-7-15(21)8-5-13/h4-9H,10-12H2,1-3H3. The molecule has 2 aromatic carbocycles. The summed E-state index contributed by atoms with van der Waals surface area (Å²) in [5.41, 5.74) is 1.43. The highest BCUT2D eigenvalue weighted by Crippen LogP contribution is 2.37. The molecule has 0 aromatic heterocycles. The number of ether oxygens (including phenoxy) is 4. The third-order valence-electron chi connectivity index (χ3n) is 4.38. The highest BCUT2D eigenvalue weighted by atomic mass is 19.1. The number of benzene rings is 2. The molecule has 0 amide bonds. The Morgan fingerprint density at radius 2 is 1.73 bits per heavy atom. The van der Waals surface area contributed by atoms with E-state index in [0.717, 1.165) is 0 Å². The van der Waals surface area contributed by atoms with Gasteiger partial charge in [-0.2, -0.15) is 0 Å². The van der Waals surface area contributed by atoms with Gasteiger partial charge in [0.2, 0.25) is 0 Å². The molecule has 0 radical (unpaired) electrons. The fourth-order valence-corrected chi connectivity index (χ4v) is 3.11. The molecule has 0 saturated carbocycles. The van der Waals surface area contributed by atoms with E-state index in [4.69, 9.17) is 18.9 Å². The van der Waals surface area contributed by atoms with Crippen LogP contribution in [0, 0.1) is 5.82 Å². The zero-order valence-electron chi connectivity index (χ0n) is 15.0. The molecule has 1 aliphatic rings. The maximum absolute atomic E-state index is 13.2. The Morgan fingerprint density at radius 3 is 2.31 bits per heavy atom. The van der Waals surface area contributed by atoms with Crippen LogP contribution in [0.25, 0.3) is 0 Å². The van der Waals surface area contributed by atoms with Gasteiger partial charge < -0.3 is 18.9 Å². The monoisotopic (exact) mass is 360 g/mol. The summed E-state index contributed by atoms with van der Waals surface area (Å²) in [5.74, 6) is -0.713. The first-order chi connectivity index (χ1) is 12.5. The lowest BCUT2D eigenvalue weighted by Gasteiger charge is -2.24. The van der Waals surface area contributed by atoms with Crippen molar-refractivity contribution in [3.63, 3.8) is 0 Å². The van der Waals surface area contributed by atoms with Gasteiger partial charge in [0.05, 0.1) is 33.0 Å². The Kier molecular flexibility index (Phi) is 5.25. The topological polar surface area (TPSA) is 54.0 Å². The van der Waals surface area contributed by atoms with Gasteiger partial charge in [0.25, 0.3) is 0 Å². The Hall–Kier alpha value is -2.44. The third-order valence-corrected chi connectivity index (χ3v) is 4.38. The molecule has 5 nitrogen and oxygen atoms in total. The zero-order chi connectivity index (χ0) is 18.7. The summed E-state index contributed by atoms with van der Waals surface area (Å²) in [6.07, 6.45) is 0.371. The lowest BCUT2D eigenvalue weighted by molar-refractivity contribution is -0.140. The van der Waals surface area contributed by atoms with Gasteiger partial charge >= 0.3 is 0 Å². The Bertz CT molecular complexity index is 795. The Balaban J connectivity index is 2.09. The van der Waals surface area contributed by atoms with E-state index < -0.39 is 11.6 Å². The number of hydrogen-bond acceptors (Lipinski definition) is 5. The summed E-state index contributed by atoms with van der Waals surface area (Å²) in [6, 6.07) is 8.95. The largest absolute Gasteiger partial charge is 0.493 e. The average Bonchev–Trinajstić information content (AvgIpc) is 3.07. The van der Waals surface area contributed by atoms with Crippen molar-refractivity contribution in [2.24, 2.45) is 0 Å². The van der Waals surface area contributed by atoms with E-state index in [1.165, 1.54) is 38.5 Å². The van der Waals surface area contributed by atoms with Gasteiger partial charge in [-0.25, -0.2) is 4.39 Å². The molecule has 0 aliphatic carbocycles. The van der Waals surface area contributed by atoms with Crippen molar-refractivity contribution in [1.29, 1.82) is 0 Å². The molecule has 0 N–H and O–H groups in total. The predicted octanol–water partition coefficient (Wildman–Crippen LogP) is 3.38. The number of carbonyl (C=O) groups is 1. The normalized spacial score (nSPS) is 15.7. The van der Waals surface area contributed by atoms with E-state index in [-0.39, 0.29) is 5.78 Å². The number of carbonyl (C=O) groups excluding carboxylic acids is 1. The van der Waals surface area contributed by atoms with E-state index in [2.05, 4.69) is 0 Å². The van der Waals surface area contributed by atoms with Gasteiger partial charge in [0.15, 0.2) is 23.1 Å². The Morgan fingerprint density at radius 1 is 1.08 bits per heavy atom. The first-order valence-corrected chi connectivity index (χ1v) is 8.29. The molecule has 138 valence electrons.